The first-order valence-corrected chi connectivity index (χ1v) is 21.0. The number of hydrogen-bond acceptors (Lipinski definition) is 2. The molecule has 0 N–H and O–H groups in total. The number of rotatable bonds is 5. The second-order valence-electron chi connectivity index (χ2n) is 15.4. The lowest BCUT2D eigenvalue weighted by Crippen LogP contribution is -1.96. The fourth-order valence-corrected chi connectivity index (χ4v) is 9.02. The highest BCUT2D eigenvalue weighted by Crippen LogP contribution is 2.45. The largest absolute Gasteiger partial charge is 0.253 e. The molecule has 0 aliphatic heterocycles. The quantitative estimate of drug-likeness (QED) is 0.126. The third-order valence-corrected chi connectivity index (χ3v) is 11.9. The minimum Gasteiger partial charge on any atom is -0.253 e. The van der Waals surface area contributed by atoms with E-state index < -0.39 is 0 Å². The summed E-state index contributed by atoms with van der Waals surface area (Å²) in [5.41, 5.74) is 12.0. The number of nitrogens with zero attached hydrogens (tertiary/aromatic N) is 2. The molecule has 286 valence electrons. The van der Waals surface area contributed by atoms with Crippen molar-refractivity contribution in [2.24, 2.45) is 4.99 Å². The second-order valence-corrected chi connectivity index (χ2v) is 15.4. The summed E-state index contributed by atoms with van der Waals surface area (Å²) in [5, 5.41) is 13.4. The van der Waals surface area contributed by atoms with Crippen LogP contribution in [0.5, 0.6) is 0 Å². The van der Waals surface area contributed by atoms with Crippen molar-refractivity contribution < 1.29 is 0 Å². The molecule has 0 unspecified atom stereocenters. The smallest absolute Gasteiger partial charge is 0.0794 e. The van der Waals surface area contributed by atoms with Crippen LogP contribution < -0.4 is 0 Å². The molecule has 60 heavy (non-hydrogen) atoms. The van der Waals surface area contributed by atoms with Crippen LogP contribution in [0, 0.1) is 6.92 Å². The Morgan fingerprint density at radius 2 is 0.833 bits per heavy atom. The van der Waals surface area contributed by atoms with Crippen molar-refractivity contribution in [3.63, 3.8) is 0 Å². The molecule has 11 aromatic rings. The fraction of sp³-hybridized carbons (Fsp3) is 0.0690. The fourth-order valence-electron chi connectivity index (χ4n) is 9.02. The molecule has 0 radical (unpaired) electrons. The summed E-state index contributed by atoms with van der Waals surface area (Å²) in [4.78, 5) is 10.6. The minimum atomic E-state index is 0.939. The summed E-state index contributed by atoms with van der Waals surface area (Å²) in [6.45, 7) is 8.19. The van der Waals surface area contributed by atoms with Gasteiger partial charge in [0.2, 0.25) is 0 Å². The van der Waals surface area contributed by atoms with Gasteiger partial charge in [0.25, 0.3) is 0 Å². The Morgan fingerprint density at radius 3 is 1.40 bits per heavy atom. The van der Waals surface area contributed by atoms with Gasteiger partial charge in [-0.05, 0) is 126 Å². The zero-order valence-electron chi connectivity index (χ0n) is 34.4. The zero-order valence-corrected chi connectivity index (χ0v) is 34.4. The number of aliphatic imine (C=N–C) groups is 1. The number of aromatic nitrogens is 1. The Labute approximate surface area is 351 Å². The van der Waals surface area contributed by atoms with Gasteiger partial charge in [0.1, 0.15) is 0 Å². The molecule has 0 saturated carbocycles. The lowest BCUT2D eigenvalue weighted by Gasteiger charge is -2.19. The van der Waals surface area contributed by atoms with E-state index in [0.29, 0.717) is 0 Å². The molecule has 10 aromatic carbocycles. The van der Waals surface area contributed by atoms with Crippen LogP contribution in [0.4, 0.5) is 5.69 Å². The lowest BCUT2D eigenvalue weighted by molar-refractivity contribution is 1.38. The molecular weight excluding hydrogens is 725 g/mol. The number of pyridine rings is 1. The van der Waals surface area contributed by atoms with E-state index in [1.54, 1.807) is 0 Å². The molecule has 0 bridgehead atoms. The van der Waals surface area contributed by atoms with Gasteiger partial charge in [-0.15, -0.1) is 0 Å². The van der Waals surface area contributed by atoms with E-state index in [4.69, 9.17) is 9.98 Å². The first-order chi connectivity index (χ1) is 29.6. The highest BCUT2D eigenvalue weighted by atomic mass is 14.7. The van der Waals surface area contributed by atoms with Crippen LogP contribution in [0.15, 0.2) is 199 Å². The SMILES string of the molecule is CC.CC(=Nc1ccccc1C)c1ccc(-c2cc(-c3cc4ccccc4c4ccccc34)c3cc(-c4cc5ccccc5c5ccccc45)c4ccccc4c3n2)cc1. The van der Waals surface area contributed by atoms with Crippen molar-refractivity contribution in [2.45, 2.75) is 27.7 Å². The number of para-hydroxylation sites is 1. The summed E-state index contributed by atoms with van der Waals surface area (Å²) in [7, 11) is 0. The molecule has 0 atom stereocenters. The second kappa shape index (κ2) is 15.4. The normalized spacial score (nSPS) is 11.8. The standard InChI is InChI=1S/C56H38N2.C2H6/c1-35-15-3-14-26-54(35)57-36(2)37-27-29-38(30-28-37)55-34-52(50-32-40-17-5-7-19-42(40)44-21-9-11-23-46(44)50)53-33-51(47-24-12-13-25-48(47)56(53)58-55)49-31-39-16-4-6-18-41(39)43-20-8-10-22-45(43)49;1-2/h3-34H,1-2H3;1-2H3. The average molecular weight is 769 g/mol. The van der Waals surface area contributed by atoms with Gasteiger partial charge in [0, 0.05) is 22.0 Å². The molecule has 0 saturated heterocycles. The van der Waals surface area contributed by atoms with E-state index in [9.17, 15) is 0 Å². The Morgan fingerprint density at radius 1 is 0.400 bits per heavy atom. The van der Waals surface area contributed by atoms with Crippen LogP contribution in [0.1, 0.15) is 31.9 Å². The lowest BCUT2D eigenvalue weighted by atomic mass is 9.86. The van der Waals surface area contributed by atoms with Gasteiger partial charge in [0.15, 0.2) is 0 Å². The maximum Gasteiger partial charge on any atom is 0.0794 e. The van der Waals surface area contributed by atoms with E-state index in [2.05, 4.69) is 202 Å². The topological polar surface area (TPSA) is 25.2 Å². The van der Waals surface area contributed by atoms with Crippen molar-refractivity contribution in [2.75, 3.05) is 0 Å². The third kappa shape index (κ3) is 6.29. The average Bonchev–Trinajstić information content (AvgIpc) is 3.32. The van der Waals surface area contributed by atoms with Crippen molar-refractivity contribution >= 4 is 76.2 Å². The highest BCUT2D eigenvalue weighted by molar-refractivity contribution is 6.23. The Balaban J connectivity index is 0.00000213. The van der Waals surface area contributed by atoms with Crippen LogP contribution >= 0.6 is 0 Å². The summed E-state index contributed by atoms with van der Waals surface area (Å²) < 4.78 is 0. The molecule has 2 nitrogen and oxygen atoms in total. The minimum absolute atomic E-state index is 0.939. The van der Waals surface area contributed by atoms with Gasteiger partial charge in [-0.1, -0.05) is 178 Å². The number of benzene rings is 10. The molecule has 1 heterocycles. The molecule has 0 aliphatic rings. The molecule has 0 aliphatic carbocycles. The van der Waals surface area contributed by atoms with E-state index in [1.165, 1.54) is 70.7 Å². The predicted octanol–water partition coefficient (Wildman–Crippen LogP) is 16.5. The summed E-state index contributed by atoms with van der Waals surface area (Å²) in [6.07, 6.45) is 0. The number of fused-ring (bicyclic) bond motifs is 9. The van der Waals surface area contributed by atoms with Crippen LogP contribution in [0.2, 0.25) is 0 Å². The number of hydrogen-bond donors (Lipinski definition) is 0. The van der Waals surface area contributed by atoms with Crippen LogP contribution in [-0.4, -0.2) is 10.7 Å². The van der Waals surface area contributed by atoms with E-state index in [-0.39, 0.29) is 0 Å². The summed E-state index contributed by atoms with van der Waals surface area (Å²) >= 11 is 0. The van der Waals surface area contributed by atoms with Crippen LogP contribution in [0.25, 0.3) is 98.3 Å². The Bertz CT molecular complexity index is 3460. The van der Waals surface area contributed by atoms with E-state index in [0.717, 1.165) is 50.1 Å². The van der Waals surface area contributed by atoms with Gasteiger partial charge >= 0.3 is 0 Å². The molecule has 2 heteroatoms. The predicted molar refractivity (Wildman–Crippen MR) is 260 cm³/mol. The Kier molecular flexibility index (Phi) is 9.47. The van der Waals surface area contributed by atoms with Crippen molar-refractivity contribution in [1.82, 2.24) is 4.98 Å². The molecule has 11 rings (SSSR count). The monoisotopic (exact) mass is 768 g/mol. The highest BCUT2D eigenvalue weighted by Gasteiger charge is 2.20. The van der Waals surface area contributed by atoms with Gasteiger partial charge < -0.3 is 0 Å². The molecule has 1 aromatic heterocycles. The molecule has 0 spiro atoms. The molecular formula is C58H44N2. The van der Waals surface area contributed by atoms with Gasteiger partial charge in [-0.3, -0.25) is 4.99 Å². The zero-order chi connectivity index (χ0) is 40.7. The van der Waals surface area contributed by atoms with Crippen molar-refractivity contribution in [1.29, 1.82) is 0 Å². The molecule has 0 fully saturated rings. The van der Waals surface area contributed by atoms with E-state index >= 15 is 0 Å². The molecule has 0 amide bonds. The first-order valence-electron chi connectivity index (χ1n) is 21.0. The first kappa shape index (κ1) is 36.9. The van der Waals surface area contributed by atoms with Crippen LogP contribution in [0.3, 0.4) is 0 Å². The maximum atomic E-state index is 5.57. The van der Waals surface area contributed by atoms with Gasteiger partial charge in [0.05, 0.1) is 16.9 Å². The maximum absolute atomic E-state index is 5.57. The Hall–Kier alpha value is -7.42. The van der Waals surface area contributed by atoms with Gasteiger partial charge in [-0.2, -0.15) is 0 Å². The summed E-state index contributed by atoms with van der Waals surface area (Å²) in [5.74, 6) is 0. The van der Waals surface area contributed by atoms with Crippen molar-refractivity contribution in [3.05, 3.63) is 205 Å². The third-order valence-electron chi connectivity index (χ3n) is 11.9. The van der Waals surface area contributed by atoms with Crippen molar-refractivity contribution in [3.8, 4) is 33.5 Å². The van der Waals surface area contributed by atoms with E-state index in [1.807, 2.05) is 19.9 Å². The van der Waals surface area contributed by atoms with Crippen LogP contribution in [-0.2, 0) is 0 Å². The summed E-state index contributed by atoms with van der Waals surface area (Å²) in [6, 6.07) is 70.5. The van der Waals surface area contributed by atoms with Gasteiger partial charge in [-0.25, -0.2) is 4.98 Å². The number of aryl methyl sites for hydroxylation is 1.